The van der Waals surface area contributed by atoms with Gasteiger partial charge in [0, 0.05) is 12.8 Å². The van der Waals surface area contributed by atoms with E-state index in [1.165, 1.54) is 19.3 Å². The molecular weight excluding hydrogens is 188 g/mol. The van der Waals surface area contributed by atoms with Gasteiger partial charge in [0.15, 0.2) is 0 Å². The lowest BCUT2D eigenvalue weighted by Crippen LogP contribution is -2.46. The average molecular weight is 206 g/mol. The molecule has 0 amide bonds. The van der Waals surface area contributed by atoms with Gasteiger partial charge in [0.1, 0.15) is 0 Å². The SMILES string of the molecule is Cc1ccn(C2CCOC3(CCC3)C2)n1. The summed E-state index contributed by atoms with van der Waals surface area (Å²) in [6.45, 7) is 2.96. The van der Waals surface area contributed by atoms with E-state index in [4.69, 9.17) is 4.74 Å². The van der Waals surface area contributed by atoms with Crippen molar-refractivity contribution in [2.45, 2.75) is 50.7 Å². The summed E-state index contributed by atoms with van der Waals surface area (Å²) in [5.41, 5.74) is 1.34. The summed E-state index contributed by atoms with van der Waals surface area (Å²) in [5.74, 6) is 0. The first-order valence-electron chi connectivity index (χ1n) is 5.93. The first kappa shape index (κ1) is 9.40. The van der Waals surface area contributed by atoms with E-state index < -0.39 is 0 Å². The van der Waals surface area contributed by atoms with Crippen molar-refractivity contribution in [3.63, 3.8) is 0 Å². The molecule has 1 saturated carbocycles. The maximum absolute atomic E-state index is 5.92. The molecule has 1 unspecified atom stereocenters. The van der Waals surface area contributed by atoms with Gasteiger partial charge in [0.2, 0.25) is 0 Å². The largest absolute Gasteiger partial charge is 0.375 e. The molecule has 0 aromatic carbocycles. The lowest BCUT2D eigenvalue weighted by Gasteiger charge is -2.47. The van der Waals surface area contributed by atoms with Crippen molar-refractivity contribution in [2.75, 3.05) is 6.61 Å². The second kappa shape index (κ2) is 3.34. The van der Waals surface area contributed by atoms with Gasteiger partial charge >= 0.3 is 0 Å². The van der Waals surface area contributed by atoms with Crippen molar-refractivity contribution in [3.8, 4) is 0 Å². The molecule has 15 heavy (non-hydrogen) atoms. The first-order valence-corrected chi connectivity index (χ1v) is 5.93. The van der Waals surface area contributed by atoms with Gasteiger partial charge in [0.05, 0.1) is 17.3 Å². The minimum absolute atomic E-state index is 0.225. The molecule has 1 saturated heterocycles. The van der Waals surface area contributed by atoms with Gasteiger partial charge in [-0.05, 0) is 45.1 Å². The van der Waals surface area contributed by atoms with Crippen LogP contribution in [0.2, 0.25) is 0 Å². The van der Waals surface area contributed by atoms with Crippen LogP contribution in [0, 0.1) is 6.92 Å². The van der Waals surface area contributed by atoms with Crippen molar-refractivity contribution in [2.24, 2.45) is 0 Å². The predicted molar refractivity (Wildman–Crippen MR) is 57.8 cm³/mol. The van der Waals surface area contributed by atoms with Crippen LogP contribution in [0.3, 0.4) is 0 Å². The Hall–Kier alpha value is -0.830. The molecule has 3 heteroatoms. The number of aryl methyl sites for hydroxylation is 1. The molecule has 0 N–H and O–H groups in total. The van der Waals surface area contributed by atoms with Crippen LogP contribution < -0.4 is 0 Å². The van der Waals surface area contributed by atoms with Crippen LogP contribution in [0.4, 0.5) is 0 Å². The number of rotatable bonds is 1. The van der Waals surface area contributed by atoms with Gasteiger partial charge in [-0.1, -0.05) is 0 Å². The average Bonchev–Trinajstić information content (AvgIpc) is 2.63. The van der Waals surface area contributed by atoms with Crippen LogP contribution in [0.5, 0.6) is 0 Å². The van der Waals surface area contributed by atoms with E-state index in [-0.39, 0.29) is 5.60 Å². The molecule has 1 spiro atoms. The van der Waals surface area contributed by atoms with Crippen molar-refractivity contribution < 1.29 is 4.74 Å². The predicted octanol–water partition coefficient (Wildman–Crippen LogP) is 2.47. The number of nitrogens with zero attached hydrogens (tertiary/aromatic N) is 2. The number of hydrogen-bond acceptors (Lipinski definition) is 2. The van der Waals surface area contributed by atoms with Gasteiger partial charge in [-0.2, -0.15) is 5.10 Å². The van der Waals surface area contributed by atoms with Crippen molar-refractivity contribution in [1.29, 1.82) is 0 Å². The van der Waals surface area contributed by atoms with Crippen LogP contribution >= 0.6 is 0 Å². The Labute approximate surface area is 90.4 Å². The third-order valence-corrected chi connectivity index (χ3v) is 3.85. The Balaban J connectivity index is 1.76. The van der Waals surface area contributed by atoms with Gasteiger partial charge in [-0.15, -0.1) is 0 Å². The van der Waals surface area contributed by atoms with Crippen molar-refractivity contribution in [3.05, 3.63) is 18.0 Å². The van der Waals surface area contributed by atoms with Crippen LogP contribution in [0.25, 0.3) is 0 Å². The highest BCUT2D eigenvalue weighted by atomic mass is 16.5. The highest BCUT2D eigenvalue weighted by Gasteiger charge is 2.43. The monoisotopic (exact) mass is 206 g/mol. The van der Waals surface area contributed by atoms with Crippen molar-refractivity contribution >= 4 is 0 Å². The Bertz CT molecular complexity index is 354. The second-order valence-electron chi connectivity index (χ2n) is 4.97. The van der Waals surface area contributed by atoms with Crippen LogP contribution in [-0.2, 0) is 4.74 Å². The van der Waals surface area contributed by atoms with Crippen molar-refractivity contribution in [1.82, 2.24) is 9.78 Å². The zero-order valence-corrected chi connectivity index (χ0v) is 9.28. The second-order valence-corrected chi connectivity index (χ2v) is 4.97. The first-order chi connectivity index (χ1) is 7.27. The molecule has 2 heterocycles. The summed E-state index contributed by atoms with van der Waals surface area (Å²) in [6.07, 6.45) is 8.23. The Morgan fingerprint density at radius 2 is 2.40 bits per heavy atom. The fourth-order valence-corrected chi connectivity index (χ4v) is 2.78. The van der Waals surface area contributed by atoms with Gasteiger partial charge < -0.3 is 4.74 Å². The highest BCUT2D eigenvalue weighted by molar-refractivity contribution is 5.00. The third-order valence-electron chi connectivity index (χ3n) is 3.85. The molecule has 3 rings (SSSR count). The minimum Gasteiger partial charge on any atom is -0.375 e. The van der Waals surface area contributed by atoms with E-state index in [1.807, 2.05) is 0 Å². The van der Waals surface area contributed by atoms with E-state index in [0.717, 1.165) is 25.1 Å². The summed E-state index contributed by atoms with van der Waals surface area (Å²) < 4.78 is 8.06. The minimum atomic E-state index is 0.225. The van der Waals surface area contributed by atoms with Crippen LogP contribution in [-0.4, -0.2) is 22.0 Å². The topological polar surface area (TPSA) is 27.1 Å². The molecule has 3 nitrogen and oxygen atoms in total. The zero-order chi connectivity index (χ0) is 10.3. The molecule has 82 valence electrons. The number of ether oxygens (including phenoxy) is 1. The van der Waals surface area contributed by atoms with E-state index in [0.29, 0.717) is 6.04 Å². The number of aromatic nitrogens is 2. The van der Waals surface area contributed by atoms with E-state index in [1.54, 1.807) is 0 Å². The Morgan fingerprint density at radius 1 is 1.53 bits per heavy atom. The summed E-state index contributed by atoms with van der Waals surface area (Å²) in [7, 11) is 0. The lowest BCUT2D eigenvalue weighted by atomic mass is 9.74. The van der Waals surface area contributed by atoms with Crippen LogP contribution in [0.1, 0.15) is 43.8 Å². The summed E-state index contributed by atoms with van der Waals surface area (Å²) in [5, 5.41) is 4.52. The standard InChI is InChI=1S/C12H18N2O/c1-10-3-7-14(13-10)11-4-8-15-12(9-11)5-2-6-12/h3,7,11H,2,4-6,8-9H2,1H3. The van der Waals surface area contributed by atoms with E-state index in [2.05, 4.69) is 29.0 Å². The molecule has 1 aromatic heterocycles. The molecule has 2 fully saturated rings. The quantitative estimate of drug-likeness (QED) is 0.705. The summed E-state index contributed by atoms with van der Waals surface area (Å²) in [6, 6.07) is 2.65. The summed E-state index contributed by atoms with van der Waals surface area (Å²) in [4.78, 5) is 0. The summed E-state index contributed by atoms with van der Waals surface area (Å²) >= 11 is 0. The van der Waals surface area contributed by atoms with Gasteiger partial charge in [-0.3, -0.25) is 4.68 Å². The molecule has 0 radical (unpaired) electrons. The normalized spacial score (nSPS) is 29.0. The zero-order valence-electron chi connectivity index (χ0n) is 9.28. The molecule has 1 aliphatic heterocycles. The van der Waals surface area contributed by atoms with Crippen LogP contribution in [0.15, 0.2) is 12.3 Å². The third kappa shape index (κ3) is 1.59. The maximum atomic E-state index is 5.92. The molecular formula is C12H18N2O. The maximum Gasteiger partial charge on any atom is 0.0703 e. The Kier molecular flexibility index (Phi) is 2.09. The fraction of sp³-hybridized carbons (Fsp3) is 0.750. The molecule has 1 aliphatic carbocycles. The number of hydrogen-bond donors (Lipinski definition) is 0. The van der Waals surface area contributed by atoms with E-state index in [9.17, 15) is 0 Å². The fourth-order valence-electron chi connectivity index (χ4n) is 2.78. The smallest absolute Gasteiger partial charge is 0.0703 e. The van der Waals surface area contributed by atoms with Gasteiger partial charge in [-0.25, -0.2) is 0 Å². The van der Waals surface area contributed by atoms with E-state index >= 15 is 0 Å². The van der Waals surface area contributed by atoms with Gasteiger partial charge in [0.25, 0.3) is 0 Å². The molecule has 0 bridgehead atoms. The molecule has 1 aromatic rings. The Morgan fingerprint density at radius 3 is 3.00 bits per heavy atom. The molecule has 2 aliphatic rings. The highest BCUT2D eigenvalue weighted by Crippen LogP contribution is 2.45. The molecule has 1 atom stereocenters. The lowest BCUT2D eigenvalue weighted by molar-refractivity contribution is -0.141.